The molecule has 6 nitrogen and oxygen atoms in total. The number of benzene rings is 2. The molecule has 1 N–H and O–H groups in total. The summed E-state index contributed by atoms with van der Waals surface area (Å²) < 4.78 is 13.7. The summed E-state index contributed by atoms with van der Waals surface area (Å²) in [4.78, 5) is 17.6. The monoisotopic (exact) mass is 377 g/mol. The number of ether oxygens (including phenoxy) is 1. The van der Waals surface area contributed by atoms with Gasteiger partial charge in [-0.2, -0.15) is 0 Å². The molecule has 4 aromatic rings. The van der Waals surface area contributed by atoms with Gasteiger partial charge < -0.3 is 14.1 Å². The average Bonchev–Trinajstić information content (AvgIpc) is 3.23. The van der Waals surface area contributed by atoms with Crippen molar-refractivity contribution in [3.8, 4) is 5.75 Å². The fourth-order valence-corrected chi connectivity index (χ4v) is 4.18. The highest BCUT2D eigenvalue weighted by atomic mass is 16.5. The van der Waals surface area contributed by atoms with Crippen LogP contribution in [0.5, 0.6) is 5.75 Å². The lowest BCUT2D eigenvalue weighted by Gasteiger charge is -2.25. The van der Waals surface area contributed by atoms with Crippen LogP contribution in [0.3, 0.4) is 0 Å². The van der Waals surface area contributed by atoms with Gasteiger partial charge in [-0.1, -0.05) is 24.3 Å². The van der Waals surface area contributed by atoms with Crippen molar-refractivity contribution in [2.45, 2.75) is 26.4 Å². The molecule has 1 aliphatic heterocycles. The molecule has 0 saturated heterocycles. The van der Waals surface area contributed by atoms with Gasteiger partial charge in [0, 0.05) is 30.6 Å². The standard InChI is InChI=1S/C22H23N3O3/c1-2-27-19-9-5-6-16-15-10-11-24(14-20(15)28-21(16)19)12-13-25-18-8-4-3-7-17(18)23-22(25)26/h3-9H,2,10-14H2,1H3,(H,23,26). The van der Waals surface area contributed by atoms with Crippen LogP contribution in [0.25, 0.3) is 22.0 Å². The number of furan rings is 1. The van der Waals surface area contributed by atoms with Crippen LogP contribution in [0, 0.1) is 0 Å². The second-order valence-corrected chi connectivity index (χ2v) is 7.19. The van der Waals surface area contributed by atoms with Gasteiger partial charge in [0.1, 0.15) is 5.76 Å². The van der Waals surface area contributed by atoms with Crippen LogP contribution in [0.4, 0.5) is 0 Å². The number of hydrogen-bond acceptors (Lipinski definition) is 4. The molecule has 0 saturated carbocycles. The maximum Gasteiger partial charge on any atom is 0.326 e. The van der Waals surface area contributed by atoms with E-state index >= 15 is 0 Å². The summed E-state index contributed by atoms with van der Waals surface area (Å²) in [5.74, 6) is 1.82. The summed E-state index contributed by atoms with van der Waals surface area (Å²) >= 11 is 0. The fraction of sp³-hybridized carbons (Fsp3) is 0.318. The van der Waals surface area contributed by atoms with Gasteiger partial charge in [0.25, 0.3) is 0 Å². The van der Waals surface area contributed by atoms with E-state index in [1.165, 1.54) is 5.56 Å². The molecule has 0 bridgehead atoms. The largest absolute Gasteiger partial charge is 0.490 e. The number of imidazole rings is 1. The predicted octanol–water partition coefficient (Wildman–Crippen LogP) is 3.53. The van der Waals surface area contributed by atoms with Crippen LogP contribution >= 0.6 is 0 Å². The minimum absolute atomic E-state index is 0.0519. The third-order valence-corrected chi connectivity index (χ3v) is 5.53. The second kappa shape index (κ2) is 6.87. The van der Waals surface area contributed by atoms with Crippen LogP contribution in [-0.2, 0) is 19.5 Å². The average molecular weight is 377 g/mol. The lowest BCUT2D eigenvalue weighted by molar-refractivity contribution is 0.223. The van der Waals surface area contributed by atoms with E-state index in [0.29, 0.717) is 13.2 Å². The van der Waals surface area contributed by atoms with E-state index in [4.69, 9.17) is 9.15 Å². The third-order valence-electron chi connectivity index (χ3n) is 5.53. The number of rotatable bonds is 5. The summed E-state index contributed by atoms with van der Waals surface area (Å²) in [6, 6.07) is 13.9. The molecule has 0 spiro atoms. The number of para-hydroxylation sites is 3. The molecule has 3 heterocycles. The van der Waals surface area contributed by atoms with Gasteiger partial charge in [-0.25, -0.2) is 4.79 Å². The van der Waals surface area contributed by atoms with Gasteiger partial charge in [0.05, 0.1) is 24.2 Å². The van der Waals surface area contributed by atoms with E-state index in [2.05, 4.69) is 16.0 Å². The van der Waals surface area contributed by atoms with Crippen molar-refractivity contribution in [2.75, 3.05) is 19.7 Å². The lowest BCUT2D eigenvalue weighted by atomic mass is 10.0. The van der Waals surface area contributed by atoms with Gasteiger partial charge in [-0.3, -0.25) is 9.47 Å². The van der Waals surface area contributed by atoms with Crippen LogP contribution in [0.1, 0.15) is 18.2 Å². The molecule has 2 aromatic heterocycles. The molecule has 0 atom stereocenters. The molecule has 2 aromatic carbocycles. The molecule has 6 heteroatoms. The first kappa shape index (κ1) is 17.1. The zero-order chi connectivity index (χ0) is 19.1. The highest BCUT2D eigenvalue weighted by Gasteiger charge is 2.24. The summed E-state index contributed by atoms with van der Waals surface area (Å²) in [5, 5.41) is 1.16. The first-order valence-corrected chi connectivity index (χ1v) is 9.80. The molecule has 1 aliphatic rings. The van der Waals surface area contributed by atoms with Crippen molar-refractivity contribution >= 4 is 22.0 Å². The second-order valence-electron chi connectivity index (χ2n) is 7.19. The summed E-state index contributed by atoms with van der Waals surface area (Å²) in [6.07, 6.45) is 0.945. The SMILES string of the molecule is CCOc1cccc2c3c(oc12)CN(CCn1c(=O)[nH]c2ccccc21)CC3. The minimum Gasteiger partial charge on any atom is -0.490 e. The summed E-state index contributed by atoms with van der Waals surface area (Å²) in [6.45, 7) is 5.77. The van der Waals surface area contributed by atoms with Gasteiger partial charge in [0.2, 0.25) is 0 Å². The molecular formula is C22H23N3O3. The number of aromatic nitrogens is 2. The van der Waals surface area contributed by atoms with Crippen molar-refractivity contribution in [1.29, 1.82) is 0 Å². The van der Waals surface area contributed by atoms with Crippen molar-refractivity contribution in [2.24, 2.45) is 0 Å². The Morgan fingerprint density at radius 1 is 1.14 bits per heavy atom. The Balaban J connectivity index is 1.37. The number of hydrogen-bond donors (Lipinski definition) is 1. The molecular weight excluding hydrogens is 354 g/mol. The predicted molar refractivity (Wildman–Crippen MR) is 109 cm³/mol. The Morgan fingerprint density at radius 2 is 2.04 bits per heavy atom. The summed E-state index contributed by atoms with van der Waals surface area (Å²) in [7, 11) is 0. The van der Waals surface area contributed by atoms with E-state index in [1.54, 1.807) is 0 Å². The van der Waals surface area contributed by atoms with Gasteiger partial charge in [-0.05, 0) is 31.5 Å². The highest BCUT2D eigenvalue weighted by Crippen LogP contribution is 2.35. The van der Waals surface area contributed by atoms with E-state index in [-0.39, 0.29) is 5.69 Å². The van der Waals surface area contributed by atoms with E-state index in [0.717, 1.165) is 59.6 Å². The Morgan fingerprint density at radius 3 is 2.93 bits per heavy atom. The number of nitrogens with zero attached hydrogens (tertiary/aromatic N) is 2. The molecule has 5 rings (SSSR count). The van der Waals surface area contributed by atoms with Crippen LogP contribution in [-0.4, -0.2) is 34.1 Å². The smallest absolute Gasteiger partial charge is 0.326 e. The van der Waals surface area contributed by atoms with Gasteiger partial charge in [0.15, 0.2) is 11.3 Å². The number of H-pyrrole nitrogens is 1. The Kier molecular flexibility index (Phi) is 4.20. The van der Waals surface area contributed by atoms with E-state index < -0.39 is 0 Å². The quantitative estimate of drug-likeness (QED) is 0.578. The number of nitrogens with one attached hydrogen (secondary N) is 1. The molecule has 0 fully saturated rings. The molecule has 28 heavy (non-hydrogen) atoms. The fourth-order valence-electron chi connectivity index (χ4n) is 4.18. The topological polar surface area (TPSA) is 63.4 Å². The molecule has 0 amide bonds. The van der Waals surface area contributed by atoms with Crippen LogP contribution in [0.2, 0.25) is 0 Å². The zero-order valence-corrected chi connectivity index (χ0v) is 15.9. The lowest BCUT2D eigenvalue weighted by Crippen LogP contribution is -2.34. The molecule has 0 aliphatic carbocycles. The zero-order valence-electron chi connectivity index (χ0n) is 15.9. The van der Waals surface area contributed by atoms with E-state index in [9.17, 15) is 4.79 Å². The van der Waals surface area contributed by atoms with Crippen LogP contribution in [0.15, 0.2) is 51.7 Å². The third kappa shape index (κ3) is 2.81. The minimum atomic E-state index is -0.0519. The molecule has 0 radical (unpaired) electrons. The van der Waals surface area contributed by atoms with Crippen LogP contribution < -0.4 is 10.4 Å². The molecule has 144 valence electrons. The van der Waals surface area contributed by atoms with Crippen molar-refractivity contribution in [1.82, 2.24) is 14.5 Å². The van der Waals surface area contributed by atoms with E-state index in [1.807, 2.05) is 47.9 Å². The maximum atomic E-state index is 12.3. The Labute approximate surface area is 162 Å². The van der Waals surface area contributed by atoms with Gasteiger partial charge in [-0.15, -0.1) is 0 Å². The highest BCUT2D eigenvalue weighted by molar-refractivity contribution is 5.87. The number of aromatic amines is 1. The first-order chi connectivity index (χ1) is 13.7. The first-order valence-electron chi connectivity index (χ1n) is 9.80. The van der Waals surface area contributed by atoms with Gasteiger partial charge >= 0.3 is 5.69 Å². The van der Waals surface area contributed by atoms with Crippen molar-refractivity contribution in [3.05, 3.63) is 64.3 Å². The Bertz CT molecular complexity index is 1200. The summed E-state index contributed by atoms with van der Waals surface area (Å²) in [5.41, 5.74) is 3.93. The number of fused-ring (bicyclic) bond motifs is 4. The van der Waals surface area contributed by atoms with Crippen molar-refractivity contribution < 1.29 is 9.15 Å². The Hall–Kier alpha value is -2.99. The maximum absolute atomic E-state index is 12.3. The van der Waals surface area contributed by atoms with Crippen molar-refractivity contribution in [3.63, 3.8) is 0 Å². The normalized spacial score (nSPS) is 14.6. The molecule has 0 unspecified atom stereocenters.